The van der Waals surface area contributed by atoms with Crippen LogP contribution < -0.4 is 0 Å². The van der Waals surface area contributed by atoms with Crippen LogP contribution in [0, 0.1) is 11.8 Å². The highest BCUT2D eigenvalue weighted by atomic mass is 16.4. The molecule has 170 valence electrons. The van der Waals surface area contributed by atoms with E-state index in [0.29, 0.717) is 24.7 Å². The summed E-state index contributed by atoms with van der Waals surface area (Å²) in [6, 6.07) is 2.96. The van der Waals surface area contributed by atoms with Gasteiger partial charge in [0.1, 0.15) is 0 Å². The van der Waals surface area contributed by atoms with Gasteiger partial charge in [0.05, 0.1) is 11.1 Å². The summed E-state index contributed by atoms with van der Waals surface area (Å²) in [4.78, 5) is 23.6. The number of hydrogen-bond acceptors (Lipinski definition) is 2. The number of unbranched alkanes of at least 4 members (excludes halogenated alkanes) is 6. The third-order valence-electron chi connectivity index (χ3n) is 5.81. The van der Waals surface area contributed by atoms with Gasteiger partial charge in [0, 0.05) is 0 Å². The monoisotopic (exact) mass is 418 g/mol. The lowest BCUT2D eigenvalue weighted by atomic mass is 9.88. The van der Waals surface area contributed by atoms with Crippen molar-refractivity contribution in [2.75, 3.05) is 0 Å². The quantitative estimate of drug-likeness (QED) is 0.275. The van der Waals surface area contributed by atoms with Crippen molar-refractivity contribution in [3.05, 3.63) is 34.4 Å². The average Bonchev–Trinajstić information content (AvgIpc) is 2.66. The summed E-state index contributed by atoms with van der Waals surface area (Å²) >= 11 is 0. The Kier molecular flexibility index (Phi) is 12.4. The highest BCUT2D eigenvalue weighted by molar-refractivity contribution is 5.95. The molecule has 30 heavy (non-hydrogen) atoms. The Balaban J connectivity index is 2.83. The Bertz CT molecular complexity index is 604. The highest BCUT2D eigenvalue weighted by Crippen LogP contribution is 2.25. The van der Waals surface area contributed by atoms with E-state index in [1.807, 2.05) is 0 Å². The second kappa shape index (κ2) is 14.2. The Morgan fingerprint density at radius 2 is 0.967 bits per heavy atom. The number of benzene rings is 1. The summed E-state index contributed by atoms with van der Waals surface area (Å²) < 4.78 is 0. The van der Waals surface area contributed by atoms with E-state index in [4.69, 9.17) is 0 Å². The molecule has 0 aliphatic carbocycles. The summed E-state index contributed by atoms with van der Waals surface area (Å²) in [6.45, 7) is 8.91. The largest absolute Gasteiger partial charge is 0.478 e. The maximum absolute atomic E-state index is 11.8. The zero-order chi connectivity index (χ0) is 22.5. The van der Waals surface area contributed by atoms with Crippen LogP contribution in [-0.2, 0) is 12.8 Å². The van der Waals surface area contributed by atoms with Crippen LogP contribution in [-0.4, -0.2) is 22.2 Å². The number of carbonyl (C=O) groups is 2. The van der Waals surface area contributed by atoms with Gasteiger partial charge in [-0.2, -0.15) is 0 Å². The lowest BCUT2D eigenvalue weighted by Crippen LogP contribution is -2.12. The molecule has 0 amide bonds. The molecule has 0 spiro atoms. The maximum Gasteiger partial charge on any atom is 0.335 e. The third kappa shape index (κ3) is 9.77. The molecule has 1 aromatic rings. The second-order valence-electron chi connectivity index (χ2n) is 9.42. The zero-order valence-corrected chi connectivity index (χ0v) is 19.5. The Morgan fingerprint density at radius 1 is 0.633 bits per heavy atom. The van der Waals surface area contributed by atoms with E-state index in [0.717, 1.165) is 49.7 Å². The normalized spacial score (nSPS) is 11.4. The Labute approximate surface area is 183 Å². The van der Waals surface area contributed by atoms with Gasteiger partial charge < -0.3 is 10.2 Å². The first-order chi connectivity index (χ1) is 14.2. The second-order valence-corrected chi connectivity index (χ2v) is 9.42. The van der Waals surface area contributed by atoms with Crippen LogP contribution in [0.5, 0.6) is 0 Å². The number of hydrogen-bond donors (Lipinski definition) is 2. The van der Waals surface area contributed by atoms with Gasteiger partial charge in [-0.25, -0.2) is 9.59 Å². The minimum absolute atomic E-state index is 0.275. The van der Waals surface area contributed by atoms with Gasteiger partial charge in [-0.1, -0.05) is 79.1 Å². The molecule has 0 saturated carbocycles. The first kappa shape index (κ1) is 26.2. The van der Waals surface area contributed by atoms with Crippen LogP contribution in [0.1, 0.15) is 124 Å². The lowest BCUT2D eigenvalue weighted by Gasteiger charge is -2.16. The SMILES string of the molecule is CC(C)CCCCCCc1c(C(=O)O)ccc(C(=O)O)c1CCCCCCC(C)C. The molecule has 0 aliphatic heterocycles. The number of carboxylic acids is 2. The maximum atomic E-state index is 11.8. The van der Waals surface area contributed by atoms with Crippen LogP contribution in [0.15, 0.2) is 12.1 Å². The average molecular weight is 419 g/mol. The van der Waals surface area contributed by atoms with Crippen molar-refractivity contribution in [2.45, 2.75) is 105 Å². The molecule has 0 fully saturated rings. The zero-order valence-electron chi connectivity index (χ0n) is 19.5. The van der Waals surface area contributed by atoms with E-state index in [1.165, 1.54) is 37.8 Å². The van der Waals surface area contributed by atoms with Crippen LogP contribution in [0.4, 0.5) is 0 Å². The first-order valence-electron chi connectivity index (χ1n) is 11.8. The van der Waals surface area contributed by atoms with Crippen molar-refractivity contribution < 1.29 is 19.8 Å². The molecule has 0 saturated heterocycles. The minimum Gasteiger partial charge on any atom is -0.478 e. The lowest BCUT2D eigenvalue weighted by molar-refractivity contribution is 0.0679. The molecular formula is C26H42O4. The van der Waals surface area contributed by atoms with E-state index >= 15 is 0 Å². The summed E-state index contributed by atoms with van der Waals surface area (Å²) in [5.41, 5.74) is 2.04. The number of rotatable bonds is 16. The Morgan fingerprint density at radius 3 is 1.27 bits per heavy atom. The van der Waals surface area contributed by atoms with Gasteiger partial charge in [-0.05, 0) is 60.8 Å². The molecular weight excluding hydrogens is 376 g/mol. The van der Waals surface area contributed by atoms with Gasteiger partial charge in [0.25, 0.3) is 0 Å². The van der Waals surface area contributed by atoms with Gasteiger partial charge >= 0.3 is 11.9 Å². The van der Waals surface area contributed by atoms with Gasteiger partial charge in [-0.3, -0.25) is 0 Å². The van der Waals surface area contributed by atoms with Crippen molar-refractivity contribution in [1.29, 1.82) is 0 Å². The van der Waals surface area contributed by atoms with Gasteiger partial charge in [0.2, 0.25) is 0 Å². The molecule has 0 radical (unpaired) electrons. The molecule has 1 aromatic carbocycles. The third-order valence-corrected chi connectivity index (χ3v) is 5.81. The van der Waals surface area contributed by atoms with E-state index in [-0.39, 0.29) is 11.1 Å². The van der Waals surface area contributed by atoms with E-state index in [9.17, 15) is 19.8 Å². The molecule has 0 bridgehead atoms. The predicted molar refractivity (Wildman–Crippen MR) is 124 cm³/mol. The van der Waals surface area contributed by atoms with E-state index < -0.39 is 11.9 Å². The minimum atomic E-state index is -0.958. The smallest absolute Gasteiger partial charge is 0.335 e. The van der Waals surface area contributed by atoms with Crippen LogP contribution in [0.2, 0.25) is 0 Å². The number of aromatic carboxylic acids is 2. The summed E-state index contributed by atoms with van der Waals surface area (Å²) in [6.07, 6.45) is 12.3. The molecule has 4 heteroatoms. The standard InChI is InChI=1S/C26H42O4/c1-19(2)13-9-5-7-11-15-21-22(16-12-8-6-10-14-20(3)4)24(26(29)30)18-17-23(21)25(27)28/h17-20H,5-16H2,1-4H3,(H,27,28)(H,29,30). The molecule has 0 aliphatic rings. The van der Waals surface area contributed by atoms with E-state index in [2.05, 4.69) is 27.7 Å². The molecule has 0 heterocycles. The molecule has 0 atom stereocenters. The molecule has 0 unspecified atom stereocenters. The summed E-state index contributed by atoms with van der Waals surface area (Å²) in [7, 11) is 0. The van der Waals surface area contributed by atoms with Crippen molar-refractivity contribution in [1.82, 2.24) is 0 Å². The molecule has 0 aromatic heterocycles. The van der Waals surface area contributed by atoms with Gasteiger partial charge in [-0.15, -0.1) is 0 Å². The van der Waals surface area contributed by atoms with Crippen LogP contribution in [0.3, 0.4) is 0 Å². The molecule has 2 N–H and O–H groups in total. The molecule has 4 nitrogen and oxygen atoms in total. The van der Waals surface area contributed by atoms with Crippen LogP contribution in [0.25, 0.3) is 0 Å². The van der Waals surface area contributed by atoms with Crippen molar-refractivity contribution in [3.8, 4) is 0 Å². The van der Waals surface area contributed by atoms with Crippen molar-refractivity contribution in [2.24, 2.45) is 11.8 Å². The Hall–Kier alpha value is -1.84. The van der Waals surface area contributed by atoms with Crippen LogP contribution >= 0.6 is 0 Å². The number of carboxylic acid groups (broad SMARTS) is 2. The first-order valence-corrected chi connectivity index (χ1v) is 11.8. The fraction of sp³-hybridized carbons (Fsp3) is 0.692. The van der Waals surface area contributed by atoms with Gasteiger partial charge in [0.15, 0.2) is 0 Å². The predicted octanol–water partition coefficient (Wildman–Crippen LogP) is 7.38. The van der Waals surface area contributed by atoms with E-state index in [1.54, 1.807) is 0 Å². The fourth-order valence-corrected chi connectivity index (χ4v) is 4.08. The highest BCUT2D eigenvalue weighted by Gasteiger charge is 2.20. The fourth-order valence-electron chi connectivity index (χ4n) is 4.08. The topological polar surface area (TPSA) is 74.6 Å². The van der Waals surface area contributed by atoms with Crippen molar-refractivity contribution in [3.63, 3.8) is 0 Å². The molecule has 1 rings (SSSR count). The van der Waals surface area contributed by atoms with Crippen molar-refractivity contribution >= 4 is 11.9 Å². The summed E-state index contributed by atoms with van der Waals surface area (Å²) in [5.74, 6) is -0.495. The summed E-state index contributed by atoms with van der Waals surface area (Å²) in [5, 5.41) is 19.3.